The number of amides is 1. The van der Waals surface area contributed by atoms with E-state index in [1.54, 1.807) is 13.8 Å². The van der Waals surface area contributed by atoms with Crippen LogP contribution in [0.15, 0.2) is 18.2 Å². The summed E-state index contributed by atoms with van der Waals surface area (Å²) in [5.74, 6) is -3.07. The number of esters is 1. The molecule has 1 rings (SSSR count). The summed E-state index contributed by atoms with van der Waals surface area (Å²) >= 11 is 0. The molecule has 0 atom stereocenters. The molecule has 0 spiro atoms. The predicted molar refractivity (Wildman–Crippen MR) is 68.9 cm³/mol. The summed E-state index contributed by atoms with van der Waals surface area (Å²) in [5, 5.41) is 0. The minimum atomic E-state index is -1.04. The second-order valence-corrected chi connectivity index (χ2v) is 4.58. The zero-order valence-electron chi connectivity index (χ0n) is 11.7. The van der Waals surface area contributed by atoms with Crippen molar-refractivity contribution in [2.24, 2.45) is 0 Å². The molecule has 0 radical (unpaired) electrons. The van der Waals surface area contributed by atoms with Crippen LogP contribution in [0.3, 0.4) is 0 Å². The molecule has 0 heterocycles. The van der Waals surface area contributed by atoms with E-state index >= 15 is 0 Å². The van der Waals surface area contributed by atoms with Gasteiger partial charge in [-0.2, -0.15) is 0 Å². The van der Waals surface area contributed by atoms with E-state index in [9.17, 15) is 18.4 Å². The molecule has 0 N–H and O–H groups in total. The summed E-state index contributed by atoms with van der Waals surface area (Å²) in [5.41, 5.74) is -0.0366. The van der Waals surface area contributed by atoms with Crippen LogP contribution in [-0.4, -0.2) is 36.5 Å². The van der Waals surface area contributed by atoms with Crippen molar-refractivity contribution in [3.05, 3.63) is 35.4 Å². The Morgan fingerprint density at radius 3 is 2.50 bits per heavy atom. The normalized spacial score (nSPS) is 10.5. The van der Waals surface area contributed by atoms with Crippen molar-refractivity contribution in [3.63, 3.8) is 0 Å². The van der Waals surface area contributed by atoms with Gasteiger partial charge in [-0.15, -0.1) is 0 Å². The van der Waals surface area contributed by atoms with E-state index in [-0.39, 0.29) is 24.6 Å². The molecule has 6 heteroatoms. The molecule has 0 saturated carbocycles. The SMILES string of the molecule is COC(=O)CN(C(=O)Cc1cccc(F)c1F)C(C)C. The monoisotopic (exact) mass is 285 g/mol. The molecule has 0 aliphatic heterocycles. The fourth-order valence-electron chi connectivity index (χ4n) is 1.71. The van der Waals surface area contributed by atoms with E-state index in [0.29, 0.717) is 0 Å². The topological polar surface area (TPSA) is 46.6 Å². The van der Waals surface area contributed by atoms with Gasteiger partial charge in [-0.1, -0.05) is 12.1 Å². The second-order valence-electron chi connectivity index (χ2n) is 4.58. The van der Waals surface area contributed by atoms with Gasteiger partial charge in [0.05, 0.1) is 13.5 Å². The minimum absolute atomic E-state index is 0.0366. The number of nitrogens with zero attached hydrogens (tertiary/aromatic N) is 1. The number of carbonyl (C=O) groups excluding carboxylic acids is 2. The highest BCUT2D eigenvalue weighted by Crippen LogP contribution is 2.14. The molecule has 0 aliphatic rings. The molecular formula is C14H17F2NO3. The van der Waals surface area contributed by atoms with Crippen molar-refractivity contribution in [2.75, 3.05) is 13.7 Å². The third kappa shape index (κ3) is 4.01. The number of halogens is 2. The van der Waals surface area contributed by atoms with Crippen LogP contribution < -0.4 is 0 Å². The zero-order valence-corrected chi connectivity index (χ0v) is 11.7. The zero-order chi connectivity index (χ0) is 15.3. The Bertz CT molecular complexity index is 503. The number of methoxy groups -OCH3 is 1. The van der Waals surface area contributed by atoms with Gasteiger partial charge in [-0.25, -0.2) is 8.78 Å². The smallest absolute Gasteiger partial charge is 0.325 e. The molecule has 0 saturated heterocycles. The maximum absolute atomic E-state index is 13.5. The van der Waals surface area contributed by atoms with Crippen molar-refractivity contribution in [2.45, 2.75) is 26.3 Å². The van der Waals surface area contributed by atoms with Crippen LogP contribution in [0, 0.1) is 11.6 Å². The van der Waals surface area contributed by atoms with Gasteiger partial charge in [0.15, 0.2) is 11.6 Å². The fourth-order valence-corrected chi connectivity index (χ4v) is 1.71. The van der Waals surface area contributed by atoms with Gasteiger partial charge in [0.1, 0.15) is 6.54 Å². The Kier molecular flexibility index (Phi) is 5.61. The first-order chi connectivity index (χ1) is 9.36. The minimum Gasteiger partial charge on any atom is -0.468 e. The average Bonchev–Trinajstić information content (AvgIpc) is 2.40. The molecule has 0 unspecified atom stereocenters. The first-order valence-electron chi connectivity index (χ1n) is 6.16. The van der Waals surface area contributed by atoms with Crippen molar-refractivity contribution >= 4 is 11.9 Å². The lowest BCUT2D eigenvalue weighted by Crippen LogP contribution is -2.42. The Balaban J connectivity index is 2.86. The van der Waals surface area contributed by atoms with Crippen LogP contribution in [0.4, 0.5) is 8.78 Å². The highest BCUT2D eigenvalue weighted by atomic mass is 19.2. The van der Waals surface area contributed by atoms with E-state index in [4.69, 9.17) is 0 Å². The summed E-state index contributed by atoms with van der Waals surface area (Å²) < 4.78 is 31.1. The van der Waals surface area contributed by atoms with Crippen molar-refractivity contribution < 1.29 is 23.1 Å². The lowest BCUT2D eigenvalue weighted by atomic mass is 10.1. The largest absolute Gasteiger partial charge is 0.468 e. The van der Waals surface area contributed by atoms with Gasteiger partial charge >= 0.3 is 5.97 Å². The Labute approximate surface area is 116 Å². The molecule has 0 aliphatic carbocycles. The first-order valence-corrected chi connectivity index (χ1v) is 6.16. The molecule has 4 nitrogen and oxygen atoms in total. The Morgan fingerprint density at radius 2 is 1.95 bits per heavy atom. The molecular weight excluding hydrogens is 268 g/mol. The van der Waals surface area contributed by atoms with E-state index in [1.165, 1.54) is 24.1 Å². The van der Waals surface area contributed by atoms with Crippen molar-refractivity contribution in [1.29, 1.82) is 0 Å². The molecule has 0 bridgehead atoms. The number of hydrogen-bond donors (Lipinski definition) is 0. The van der Waals surface area contributed by atoms with E-state index in [2.05, 4.69) is 4.74 Å². The van der Waals surface area contributed by atoms with Gasteiger partial charge in [0, 0.05) is 11.6 Å². The van der Waals surface area contributed by atoms with Gasteiger partial charge in [0.25, 0.3) is 0 Å². The van der Waals surface area contributed by atoms with Gasteiger partial charge in [-0.05, 0) is 19.9 Å². The second kappa shape index (κ2) is 6.98. The molecule has 1 aromatic rings. The van der Waals surface area contributed by atoms with Crippen LogP contribution in [0.2, 0.25) is 0 Å². The van der Waals surface area contributed by atoms with Crippen LogP contribution in [0.1, 0.15) is 19.4 Å². The van der Waals surface area contributed by atoms with E-state index in [0.717, 1.165) is 6.07 Å². The van der Waals surface area contributed by atoms with E-state index in [1.807, 2.05) is 0 Å². The lowest BCUT2D eigenvalue weighted by Gasteiger charge is -2.25. The number of ether oxygens (including phenoxy) is 1. The summed E-state index contributed by atoms with van der Waals surface area (Å²) in [6.45, 7) is 3.23. The van der Waals surface area contributed by atoms with Gasteiger partial charge < -0.3 is 9.64 Å². The Morgan fingerprint density at radius 1 is 1.30 bits per heavy atom. The Hall–Kier alpha value is -1.98. The molecule has 20 heavy (non-hydrogen) atoms. The molecule has 0 aromatic heterocycles. The number of carbonyl (C=O) groups is 2. The molecule has 110 valence electrons. The summed E-state index contributed by atoms with van der Waals surface area (Å²) in [4.78, 5) is 24.6. The molecule has 0 fully saturated rings. The third-order valence-corrected chi connectivity index (χ3v) is 2.84. The van der Waals surface area contributed by atoms with Crippen LogP contribution >= 0.6 is 0 Å². The highest BCUT2D eigenvalue weighted by molar-refractivity contribution is 5.83. The predicted octanol–water partition coefficient (Wildman–Crippen LogP) is 1.92. The van der Waals surface area contributed by atoms with Crippen LogP contribution in [0.5, 0.6) is 0 Å². The summed E-state index contributed by atoms with van der Waals surface area (Å²) in [7, 11) is 1.22. The average molecular weight is 285 g/mol. The van der Waals surface area contributed by atoms with E-state index < -0.39 is 23.5 Å². The van der Waals surface area contributed by atoms with Gasteiger partial charge in [0.2, 0.25) is 5.91 Å². The maximum Gasteiger partial charge on any atom is 0.325 e. The summed E-state index contributed by atoms with van der Waals surface area (Å²) in [6.07, 6.45) is -0.307. The number of hydrogen-bond acceptors (Lipinski definition) is 3. The van der Waals surface area contributed by atoms with Crippen molar-refractivity contribution in [3.8, 4) is 0 Å². The third-order valence-electron chi connectivity index (χ3n) is 2.84. The number of benzene rings is 1. The van der Waals surface area contributed by atoms with Gasteiger partial charge in [-0.3, -0.25) is 9.59 Å². The molecule has 1 amide bonds. The van der Waals surface area contributed by atoms with Crippen LogP contribution in [0.25, 0.3) is 0 Å². The highest BCUT2D eigenvalue weighted by Gasteiger charge is 2.22. The standard InChI is InChI=1S/C14H17F2NO3/c1-9(2)17(8-13(19)20-3)12(18)7-10-5-4-6-11(15)14(10)16/h4-6,9H,7-8H2,1-3H3. The lowest BCUT2D eigenvalue weighted by molar-refractivity contribution is -0.148. The maximum atomic E-state index is 13.5. The van der Waals surface area contributed by atoms with Crippen LogP contribution in [-0.2, 0) is 20.7 Å². The quantitative estimate of drug-likeness (QED) is 0.776. The van der Waals surface area contributed by atoms with Crippen molar-refractivity contribution in [1.82, 2.24) is 4.90 Å². The number of rotatable bonds is 5. The first kappa shape index (κ1) is 16.1. The fraction of sp³-hybridized carbons (Fsp3) is 0.429. The molecule has 1 aromatic carbocycles. The summed E-state index contributed by atoms with van der Waals surface area (Å²) in [6, 6.07) is 3.41.